The van der Waals surface area contributed by atoms with Gasteiger partial charge in [-0.3, -0.25) is 0 Å². The highest BCUT2D eigenvalue weighted by Gasteiger charge is 2.11. The van der Waals surface area contributed by atoms with Crippen molar-refractivity contribution in [1.82, 2.24) is 5.32 Å². The van der Waals surface area contributed by atoms with Crippen molar-refractivity contribution in [2.75, 3.05) is 13.2 Å². The van der Waals surface area contributed by atoms with Crippen molar-refractivity contribution >= 4 is 0 Å². The largest absolute Gasteiger partial charge is 0.490 e. The summed E-state index contributed by atoms with van der Waals surface area (Å²) in [7, 11) is 0. The highest BCUT2D eigenvalue weighted by Crippen LogP contribution is 2.31. The lowest BCUT2D eigenvalue weighted by Crippen LogP contribution is -2.22. The van der Waals surface area contributed by atoms with Crippen LogP contribution in [-0.2, 0) is 6.54 Å². The van der Waals surface area contributed by atoms with Crippen molar-refractivity contribution in [2.45, 2.75) is 60.0 Å². The maximum atomic E-state index is 6.04. The molecule has 0 aliphatic rings. The van der Waals surface area contributed by atoms with Crippen LogP contribution in [0, 0.1) is 5.92 Å². The first-order chi connectivity index (χ1) is 10.0. The van der Waals surface area contributed by atoms with Crippen LogP contribution in [0.4, 0.5) is 0 Å². The molecular weight excluding hydrogens is 262 g/mol. The van der Waals surface area contributed by atoms with Gasteiger partial charge in [0.15, 0.2) is 11.5 Å². The van der Waals surface area contributed by atoms with Crippen LogP contribution in [-0.4, -0.2) is 19.3 Å². The standard InChI is InChI=1S/C18H31NO2/c1-6-20-17-11-7-10-16(13-19-15(4)5)18(17)21-12-8-9-14(2)3/h7,10-11,14-15,19H,6,8-9,12-13H2,1-5H3. The molecule has 0 aliphatic carbocycles. The summed E-state index contributed by atoms with van der Waals surface area (Å²) in [6.07, 6.45) is 2.27. The minimum Gasteiger partial charge on any atom is -0.490 e. The molecule has 0 saturated heterocycles. The molecule has 0 saturated carbocycles. The molecule has 0 bridgehead atoms. The SMILES string of the molecule is CCOc1cccc(CNC(C)C)c1OCCCC(C)C. The second-order valence-electron chi connectivity index (χ2n) is 6.10. The van der Waals surface area contributed by atoms with Crippen molar-refractivity contribution in [3.63, 3.8) is 0 Å². The smallest absolute Gasteiger partial charge is 0.165 e. The third kappa shape index (κ3) is 6.85. The number of rotatable bonds is 10. The van der Waals surface area contributed by atoms with Crippen molar-refractivity contribution in [2.24, 2.45) is 5.92 Å². The first kappa shape index (κ1) is 17.8. The molecule has 120 valence electrons. The Bertz CT molecular complexity index is 402. The molecule has 3 nitrogen and oxygen atoms in total. The van der Waals surface area contributed by atoms with Gasteiger partial charge in [-0.2, -0.15) is 0 Å². The summed E-state index contributed by atoms with van der Waals surface area (Å²) in [6, 6.07) is 6.58. The molecule has 0 fully saturated rings. The van der Waals surface area contributed by atoms with Crippen LogP contribution in [0.2, 0.25) is 0 Å². The van der Waals surface area contributed by atoms with Gasteiger partial charge >= 0.3 is 0 Å². The van der Waals surface area contributed by atoms with Gasteiger partial charge in [0.1, 0.15) is 0 Å². The van der Waals surface area contributed by atoms with Gasteiger partial charge in [-0.15, -0.1) is 0 Å². The zero-order valence-corrected chi connectivity index (χ0v) is 14.2. The van der Waals surface area contributed by atoms with E-state index in [0.717, 1.165) is 37.0 Å². The Morgan fingerprint density at radius 3 is 2.48 bits per heavy atom. The monoisotopic (exact) mass is 293 g/mol. The summed E-state index contributed by atoms with van der Waals surface area (Å²) in [5.41, 5.74) is 1.17. The second kappa shape index (κ2) is 9.67. The number of benzene rings is 1. The van der Waals surface area contributed by atoms with E-state index >= 15 is 0 Å². The van der Waals surface area contributed by atoms with Gasteiger partial charge in [-0.1, -0.05) is 39.8 Å². The van der Waals surface area contributed by atoms with E-state index in [-0.39, 0.29) is 0 Å². The van der Waals surface area contributed by atoms with Gasteiger partial charge in [0.25, 0.3) is 0 Å². The number of hydrogen-bond acceptors (Lipinski definition) is 3. The Hall–Kier alpha value is -1.22. The molecule has 1 rings (SSSR count). The Morgan fingerprint density at radius 2 is 1.86 bits per heavy atom. The number of para-hydroxylation sites is 1. The van der Waals surface area contributed by atoms with E-state index in [0.29, 0.717) is 12.6 Å². The summed E-state index contributed by atoms with van der Waals surface area (Å²) in [5, 5.41) is 3.44. The molecule has 1 aromatic rings. The lowest BCUT2D eigenvalue weighted by Gasteiger charge is -2.17. The number of nitrogens with one attached hydrogen (secondary N) is 1. The third-order valence-corrected chi connectivity index (χ3v) is 3.23. The molecular formula is C18H31NO2. The van der Waals surface area contributed by atoms with E-state index in [4.69, 9.17) is 9.47 Å². The lowest BCUT2D eigenvalue weighted by molar-refractivity contribution is 0.263. The molecule has 0 unspecified atom stereocenters. The van der Waals surface area contributed by atoms with Gasteiger partial charge < -0.3 is 14.8 Å². The van der Waals surface area contributed by atoms with Crippen LogP contribution in [0.5, 0.6) is 11.5 Å². The van der Waals surface area contributed by atoms with Crippen LogP contribution in [0.3, 0.4) is 0 Å². The quantitative estimate of drug-likeness (QED) is 0.649. The fourth-order valence-corrected chi connectivity index (χ4v) is 2.11. The van der Waals surface area contributed by atoms with Gasteiger partial charge in [0, 0.05) is 18.2 Å². The fraction of sp³-hybridized carbons (Fsp3) is 0.667. The molecule has 0 aromatic heterocycles. The predicted octanol–water partition coefficient (Wildman–Crippen LogP) is 4.40. The van der Waals surface area contributed by atoms with Gasteiger partial charge in [-0.25, -0.2) is 0 Å². The van der Waals surface area contributed by atoms with Gasteiger partial charge in [-0.05, 0) is 31.7 Å². The van der Waals surface area contributed by atoms with Crippen LogP contribution in [0.25, 0.3) is 0 Å². The van der Waals surface area contributed by atoms with E-state index in [2.05, 4.69) is 39.1 Å². The second-order valence-corrected chi connectivity index (χ2v) is 6.10. The predicted molar refractivity (Wildman–Crippen MR) is 89.2 cm³/mol. The molecule has 3 heteroatoms. The van der Waals surface area contributed by atoms with Crippen molar-refractivity contribution in [3.8, 4) is 11.5 Å². The van der Waals surface area contributed by atoms with Crippen molar-refractivity contribution in [1.29, 1.82) is 0 Å². The molecule has 0 radical (unpaired) electrons. The van der Waals surface area contributed by atoms with Gasteiger partial charge in [0.2, 0.25) is 0 Å². The number of hydrogen-bond donors (Lipinski definition) is 1. The minimum atomic E-state index is 0.453. The average molecular weight is 293 g/mol. The molecule has 0 spiro atoms. The highest BCUT2D eigenvalue weighted by molar-refractivity contribution is 5.46. The summed E-state index contributed by atoms with van der Waals surface area (Å²) in [4.78, 5) is 0. The van der Waals surface area contributed by atoms with Crippen molar-refractivity contribution in [3.05, 3.63) is 23.8 Å². The maximum Gasteiger partial charge on any atom is 0.165 e. The first-order valence-electron chi connectivity index (χ1n) is 8.15. The molecule has 1 N–H and O–H groups in total. The van der Waals surface area contributed by atoms with Crippen LogP contribution >= 0.6 is 0 Å². The van der Waals surface area contributed by atoms with E-state index in [1.165, 1.54) is 12.0 Å². The average Bonchev–Trinajstić information content (AvgIpc) is 2.43. The summed E-state index contributed by atoms with van der Waals surface area (Å²) in [6.45, 7) is 13.0. The van der Waals surface area contributed by atoms with Crippen LogP contribution < -0.4 is 14.8 Å². The summed E-state index contributed by atoms with van der Waals surface area (Å²) in [5.74, 6) is 2.47. The summed E-state index contributed by atoms with van der Waals surface area (Å²) < 4.78 is 11.7. The first-order valence-corrected chi connectivity index (χ1v) is 8.15. The highest BCUT2D eigenvalue weighted by atomic mass is 16.5. The zero-order valence-electron chi connectivity index (χ0n) is 14.2. The lowest BCUT2D eigenvalue weighted by atomic mass is 10.1. The minimum absolute atomic E-state index is 0.453. The zero-order chi connectivity index (χ0) is 15.7. The Kier molecular flexibility index (Phi) is 8.21. The Morgan fingerprint density at radius 1 is 1.10 bits per heavy atom. The van der Waals surface area contributed by atoms with E-state index in [1.54, 1.807) is 0 Å². The topological polar surface area (TPSA) is 30.5 Å². The molecule has 0 amide bonds. The molecule has 21 heavy (non-hydrogen) atoms. The number of ether oxygens (including phenoxy) is 2. The van der Waals surface area contributed by atoms with E-state index in [9.17, 15) is 0 Å². The Balaban J connectivity index is 2.73. The van der Waals surface area contributed by atoms with Gasteiger partial charge in [0.05, 0.1) is 13.2 Å². The Labute approximate surface area is 130 Å². The van der Waals surface area contributed by atoms with Crippen molar-refractivity contribution < 1.29 is 9.47 Å². The fourth-order valence-electron chi connectivity index (χ4n) is 2.11. The van der Waals surface area contributed by atoms with Crippen LogP contribution in [0.15, 0.2) is 18.2 Å². The molecule has 0 aliphatic heterocycles. The third-order valence-electron chi connectivity index (χ3n) is 3.23. The summed E-state index contributed by atoms with van der Waals surface area (Å²) >= 11 is 0. The van der Waals surface area contributed by atoms with E-state index < -0.39 is 0 Å². The maximum absolute atomic E-state index is 6.04. The molecule has 0 atom stereocenters. The van der Waals surface area contributed by atoms with E-state index in [1.807, 2.05) is 19.1 Å². The molecule has 0 heterocycles. The normalized spacial score (nSPS) is 11.2. The van der Waals surface area contributed by atoms with Crippen LogP contribution in [0.1, 0.15) is 53.0 Å². The molecule has 1 aromatic carbocycles.